The minimum atomic E-state index is -0.0135. The second-order valence-electron chi connectivity index (χ2n) is 4.71. The van der Waals surface area contributed by atoms with E-state index in [4.69, 9.17) is 0 Å². The highest BCUT2D eigenvalue weighted by atomic mass is 32.1. The molecule has 4 rings (SSSR count). The highest BCUT2D eigenvalue weighted by Gasteiger charge is 2.15. The maximum atomic E-state index is 4.34. The van der Waals surface area contributed by atoms with E-state index < -0.39 is 0 Å². The number of anilines is 1. The van der Waals surface area contributed by atoms with Crippen LogP contribution in [0, 0.1) is 0 Å². The highest BCUT2D eigenvalue weighted by Crippen LogP contribution is 2.26. The first-order valence-corrected chi connectivity index (χ1v) is 7.45. The maximum Gasteiger partial charge on any atom is 0.160 e. The summed E-state index contributed by atoms with van der Waals surface area (Å²) in [5.74, 6) is 1.68. The van der Waals surface area contributed by atoms with Crippen molar-refractivity contribution in [2.24, 2.45) is 0 Å². The molecule has 0 amide bonds. The van der Waals surface area contributed by atoms with E-state index in [0.29, 0.717) is 0 Å². The van der Waals surface area contributed by atoms with Crippen LogP contribution < -0.4 is 5.32 Å². The van der Waals surface area contributed by atoms with Crippen molar-refractivity contribution in [2.45, 2.75) is 13.0 Å². The van der Waals surface area contributed by atoms with E-state index in [9.17, 15) is 0 Å². The fraction of sp³-hybridized carbons (Fsp3) is 0.143. The van der Waals surface area contributed by atoms with Crippen LogP contribution in [-0.4, -0.2) is 24.6 Å². The molecule has 1 atom stereocenters. The molecule has 1 unspecified atom stereocenters. The molecule has 0 bridgehead atoms. The average Bonchev–Trinajstić information content (AvgIpc) is 3.14. The van der Waals surface area contributed by atoms with Crippen LogP contribution >= 0.6 is 11.3 Å². The van der Waals surface area contributed by atoms with Gasteiger partial charge >= 0.3 is 0 Å². The van der Waals surface area contributed by atoms with Gasteiger partial charge in [0.15, 0.2) is 11.5 Å². The zero-order chi connectivity index (χ0) is 14.2. The number of rotatable bonds is 3. The fourth-order valence-electron chi connectivity index (χ4n) is 2.33. The lowest BCUT2D eigenvalue weighted by Gasteiger charge is -2.13. The van der Waals surface area contributed by atoms with Gasteiger partial charge in [-0.25, -0.2) is 9.97 Å². The minimum absolute atomic E-state index is 0.0135. The normalized spacial score (nSPS) is 12.8. The van der Waals surface area contributed by atoms with Gasteiger partial charge < -0.3 is 5.32 Å². The first-order chi connectivity index (χ1) is 10.3. The lowest BCUT2D eigenvalue weighted by molar-refractivity contribution is 0.769. The molecule has 4 heterocycles. The van der Waals surface area contributed by atoms with Crippen LogP contribution in [0.25, 0.3) is 15.9 Å². The Hall–Kier alpha value is -2.54. The topological polar surface area (TPSA) is 68.0 Å². The Morgan fingerprint density at radius 3 is 3.10 bits per heavy atom. The molecule has 7 heteroatoms. The Bertz CT molecular complexity index is 912. The molecule has 1 N–H and O–H groups in total. The highest BCUT2D eigenvalue weighted by molar-refractivity contribution is 7.16. The lowest BCUT2D eigenvalue weighted by atomic mass is 10.3. The zero-order valence-electron chi connectivity index (χ0n) is 11.3. The molecule has 0 aliphatic rings. The van der Waals surface area contributed by atoms with Crippen molar-refractivity contribution in [3.63, 3.8) is 0 Å². The summed E-state index contributed by atoms with van der Waals surface area (Å²) < 4.78 is 1.98. The number of hydrogen-bond acceptors (Lipinski definition) is 6. The number of nitrogens with one attached hydrogen (secondary N) is 1. The van der Waals surface area contributed by atoms with E-state index >= 15 is 0 Å². The van der Waals surface area contributed by atoms with Crippen LogP contribution in [0.1, 0.15) is 18.8 Å². The third-order valence-electron chi connectivity index (χ3n) is 3.34. The van der Waals surface area contributed by atoms with Gasteiger partial charge in [-0.05, 0) is 30.5 Å². The van der Waals surface area contributed by atoms with E-state index in [1.165, 1.54) is 0 Å². The van der Waals surface area contributed by atoms with Gasteiger partial charge in [-0.2, -0.15) is 0 Å². The van der Waals surface area contributed by atoms with Gasteiger partial charge in [0, 0.05) is 6.20 Å². The van der Waals surface area contributed by atoms with Crippen LogP contribution in [0.4, 0.5) is 5.82 Å². The molecule has 104 valence electrons. The van der Waals surface area contributed by atoms with Gasteiger partial charge in [0.1, 0.15) is 17.0 Å². The maximum absolute atomic E-state index is 4.34. The first-order valence-electron chi connectivity index (χ1n) is 6.57. The minimum Gasteiger partial charge on any atom is -0.360 e. The van der Waals surface area contributed by atoms with Gasteiger partial charge in [-0.1, -0.05) is 6.07 Å². The van der Waals surface area contributed by atoms with Crippen LogP contribution in [0.3, 0.4) is 0 Å². The molecule has 0 radical (unpaired) electrons. The Morgan fingerprint density at radius 1 is 1.19 bits per heavy atom. The van der Waals surface area contributed by atoms with Crippen molar-refractivity contribution in [1.82, 2.24) is 24.6 Å². The lowest BCUT2D eigenvalue weighted by Crippen LogP contribution is -2.11. The monoisotopic (exact) mass is 296 g/mol. The van der Waals surface area contributed by atoms with Crippen LogP contribution in [0.15, 0.2) is 42.2 Å². The van der Waals surface area contributed by atoms with Gasteiger partial charge in [-0.15, -0.1) is 21.5 Å². The molecular formula is C14H12N6S. The van der Waals surface area contributed by atoms with Gasteiger partial charge in [0.25, 0.3) is 0 Å². The third-order valence-corrected chi connectivity index (χ3v) is 4.16. The summed E-state index contributed by atoms with van der Waals surface area (Å²) in [6, 6.07) is 7.86. The Kier molecular flexibility index (Phi) is 2.78. The second-order valence-corrected chi connectivity index (χ2v) is 5.61. The standard InChI is InChI=1S/C14H12N6S/c1-9(13-19-18-11-4-2-3-6-20(11)13)17-12-10-5-7-21-14(10)16-8-15-12/h2-9H,1H3,(H,15,16,17). The molecular weight excluding hydrogens is 284 g/mol. The molecule has 0 aromatic carbocycles. The summed E-state index contributed by atoms with van der Waals surface area (Å²) in [7, 11) is 0. The van der Waals surface area contributed by atoms with Crippen LogP contribution in [0.5, 0.6) is 0 Å². The summed E-state index contributed by atoms with van der Waals surface area (Å²) in [5, 5.41) is 14.9. The summed E-state index contributed by atoms with van der Waals surface area (Å²) in [6.07, 6.45) is 3.54. The summed E-state index contributed by atoms with van der Waals surface area (Å²) >= 11 is 1.60. The number of fused-ring (bicyclic) bond motifs is 2. The molecule has 6 nitrogen and oxygen atoms in total. The quantitative estimate of drug-likeness (QED) is 0.629. The van der Waals surface area contributed by atoms with Crippen molar-refractivity contribution in [1.29, 1.82) is 0 Å². The molecule has 0 fully saturated rings. The summed E-state index contributed by atoms with van der Waals surface area (Å²) in [5.41, 5.74) is 0.838. The van der Waals surface area contributed by atoms with Gasteiger partial charge in [0.2, 0.25) is 0 Å². The van der Waals surface area contributed by atoms with Crippen molar-refractivity contribution in [2.75, 3.05) is 5.32 Å². The second kappa shape index (κ2) is 4.78. The molecule has 21 heavy (non-hydrogen) atoms. The van der Waals surface area contributed by atoms with Gasteiger partial charge in [-0.3, -0.25) is 4.40 Å². The number of hydrogen-bond donors (Lipinski definition) is 1. The van der Waals surface area contributed by atoms with Crippen LogP contribution in [0.2, 0.25) is 0 Å². The van der Waals surface area contributed by atoms with E-state index in [1.807, 2.05) is 47.2 Å². The van der Waals surface area contributed by atoms with Crippen molar-refractivity contribution in [3.8, 4) is 0 Å². The summed E-state index contributed by atoms with van der Waals surface area (Å²) in [6.45, 7) is 2.05. The Balaban J connectivity index is 1.72. The van der Waals surface area contributed by atoms with Crippen molar-refractivity contribution in [3.05, 3.63) is 48.0 Å². The Labute approximate surface area is 124 Å². The fourth-order valence-corrected chi connectivity index (χ4v) is 3.06. The molecule has 0 aliphatic heterocycles. The third kappa shape index (κ3) is 2.02. The summed E-state index contributed by atoms with van der Waals surface area (Å²) in [4.78, 5) is 9.57. The SMILES string of the molecule is CC(Nc1ncnc2sccc12)c1nnc2ccccn12. The molecule has 0 aliphatic carbocycles. The van der Waals surface area contributed by atoms with E-state index in [0.717, 1.165) is 27.5 Å². The first kappa shape index (κ1) is 12.2. The van der Waals surface area contributed by atoms with Crippen molar-refractivity contribution < 1.29 is 0 Å². The smallest absolute Gasteiger partial charge is 0.160 e. The number of aromatic nitrogens is 5. The molecule has 0 saturated heterocycles. The van der Waals surface area contributed by atoms with Gasteiger partial charge in [0.05, 0.1) is 11.4 Å². The van der Waals surface area contributed by atoms with E-state index in [-0.39, 0.29) is 6.04 Å². The molecule has 0 saturated carbocycles. The molecule has 4 aromatic heterocycles. The average molecular weight is 296 g/mol. The predicted molar refractivity (Wildman–Crippen MR) is 82.4 cm³/mol. The zero-order valence-corrected chi connectivity index (χ0v) is 12.1. The number of thiophene rings is 1. The largest absolute Gasteiger partial charge is 0.360 e. The van der Waals surface area contributed by atoms with Crippen LogP contribution in [-0.2, 0) is 0 Å². The number of pyridine rings is 1. The predicted octanol–water partition coefficient (Wildman–Crippen LogP) is 2.91. The molecule has 4 aromatic rings. The molecule has 0 spiro atoms. The number of nitrogens with zero attached hydrogens (tertiary/aromatic N) is 5. The van der Waals surface area contributed by atoms with E-state index in [1.54, 1.807) is 17.7 Å². The Morgan fingerprint density at radius 2 is 2.14 bits per heavy atom. The van der Waals surface area contributed by atoms with E-state index in [2.05, 4.69) is 25.5 Å². The van der Waals surface area contributed by atoms with Crippen molar-refractivity contribution >= 4 is 33.0 Å².